The highest BCUT2D eigenvalue weighted by Crippen LogP contribution is 2.10. The van der Waals surface area contributed by atoms with Crippen LogP contribution in [0.15, 0.2) is 0 Å². The molecule has 0 bridgehead atoms. The Labute approximate surface area is 100 Å². The van der Waals surface area contributed by atoms with E-state index in [4.69, 9.17) is 15.5 Å². The van der Waals surface area contributed by atoms with Crippen LogP contribution in [0.3, 0.4) is 0 Å². The van der Waals surface area contributed by atoms with Crippen molar-refractivity contribution in [3.05, 3.63) is 0 Å². The van der Waals surface area contributed by atoms with Gasteiger partial charge in [0.05, 0.1) is 18.5 Å². The minimum Gasteiger partial charge on any atom is -0.481 e. The lowest BCUT2D eigenvalue weighted by molar-refractivity contribution is -0.147. The van der Waals surface area contributed by atoms with E-state index in [1.807, 2.05) is 13.0 Å². The van der Waals surface area contributed by atoms with Crippen LogP contribution in [0.1, 0.15) is 26.7 Å². The summed E-state index contributed by atoms with van der Waals surface area (Å²) >= 11 is 0. The molecule has 0 aliphatic heterocycles. The highest BCUT2D eigenvalue weighted by molar-refractivity contribution is 5.74. The van der Waals surface area contributed by atoms with Crippen LogP contribution in [0.5, 0.6) is 0 Å². The van der Waals surface area contributed by atoms with Crippen LogP contribution in [0.4, 0.5) is 0 Å². The van der Waals surface area contributed by atoms with Gasteiger partial charge in [-0.25, -0.2) is 0 Å². The molecule has 0 aliphatic rings. The Morgan fingerprint density at radius 2 is 1.94 bits per heavy atom. The first-order valence-corrected chi connectivity index (χ1v) is 5.50. The van der Waals surface area contributed by atoms with Crippen molar-refractivity contribution >= 4 is 11.9 Å². The van der Waals surface area contributed by atoms with Crippen molar-refractivity contribution in [3.8, 4) is 6.07 Å². The first-order valence-electron chi connectivity index (χ1n) is 5.50. The molecule has 0 aromatic heterocycles. The van der Waals surface area contributed by atoms with Crippen molar-refractivity contribution < 1.29 is 19.8 Å². The lowest BCUT2D eigenvalue weighted by Gasteiger charge is -2.27. The van der Waals surface area contributed by atoms with Crippen molar-refractivity contribution in [1.29, 1.82) is 5.26 Å². The van der Waals surface area contributed by atoms with Gasteiger partial charge in [-0.15, -0.1) is 0 Å². The molecule has 2 N–H and O–H groups in total. The molecule has 0 rings (SSSR count). The SMILES string of the molecule is CCCC(C(=O)O)N(CC#N)CC(C)C(=O)O. The molecule has 6 heteroatoms. The zero-order chi connectivity index (χ0) is 13.4. The fourth-order valence-electron chi connectivity index (χ4n) is 1.56. The van der Waals surface area contributed by atoms with Crippen molar-refractivity contribution in [2.24, 2.45) is 5.92 Å². The minimum atomic E-state index is -1.01. The van der Waals surface area contributed by atoms with Crippen molar-refractivity contribution in [3.63, 3.8) is 0 Å². The summed E-state index contributed by atoms with van der Waals surface area (Å²) in [7, 11) is 0. The third-order valence-electron chi connectivity index (χ3n) is 2.49. The predicted octanol–water partition coefficient (Wildman–Crippen LogP) is 0.786. The van der Waals surface area contributed by atoms with E-state index in [0.29, 0.717) is 12.8 Å². The lowest BCUT2D eigenvalue weighted by Crippen LogP contribution is -2.44. The summed E-state index contributed by atoms with van der Waals surface area (Å²) in [6, 6.07) is 1.09. The number of hydrogen-bond donors (Lipinski definition) is 2. The number of nitriles is 1. The number of carboxylic acid groups (broad SMARTS) is 2. The summed E-state index contributed by atoms with van der Waals surface area (Å²) in [5.41, 5.74) is 0. The Balaban J connectivity index is 4.73. The molecule has 96 valence electrons. The van der Waals surface area contributed by atoms with Crippen molar-refractivity contribution in [2.45, 2.75) is 32.7 Å². The van der Waals surface area contributed by atoms with Crippen molar-refractivity contribution in [1.82, 2.24) is 4.90 Å². The van der Waals surface area contributed by atoms with E-state index in [0.717, 1.165) is 0 Å². The molecule has 6 nitrogen and oxygen atoms in total. The number of nitrogens with zero attached hydrogens (tertiary/aromatic N) is 2. The molecule has 0 saturated carbocycles. The minimum absolute atomic E-state index is 0.0693. The number of carboxylic acids is 2. The van der Waals surface area contributed by atoms with Gasteiger partial charge >= 0.3 is 11.9 Å². The smallest absolute Gasteiger partial charge is 0.320 e. The summed E-state index contributed by atoms with van der Waals surface area (Å²) < 4.78 is 0. The molecule has 0 aromatic rings. The van der Waals surface area contributed by atoms with Gasteiger partial charge in [0.15, 0.2) is 0 Å². The maximum Gasteiger partial charge on any atom is 0.320 e. The summed E-state index contributed by atoms with van der Waals surface area (Å²) in [5.74, 6) is -2.70. The van der Waals surface area contributed by atoms with E-state index >= 15 is 0 Å². The molecule has 0 aromatic carbocycles. The Bertz CT molecular complexity index is 311. The predicted molar refractivity (Wildman–Crippen MR) is 60.3 cm³/mol. The van der Waals surface area contributed by atoms with Crippen LogP contribution in [0.2, 0.25) is 0 Å². The van der Waals surface area contributed by atoms with Gasteiger partial charge in [0.1, 0.15) is 6.04 Å². The number of rotatable bonds is 8. The van der Waals surface area contributed by atoms with Crippen LogP contribution in [0.25, 0.3) is 0 Å². The molecule has 0 heterocycles. The van der Waals surface area contributed by atoms with Gasteiger partial charge in [0, 0.05) is 6.54 Å². The molecule has 2 unspecified atom stereocenters. The van der Waals surface area contributed by atoms with Crippen LogP contribution < -0.4 is 0 Å². The van der Waals surface area contributed by atoms with Gasteiger partial charge < -0.3 is 10.2 Å². The molecule has 0 fully saturated rings. The van der Waals surface area contributed by atoms with Crippen LogP contribution in [-0.2, 0) is 9.59 Å². The molecule has 0 saturated heterocycles. The van der Waals surface area contributed by atoms with E-state index < -0.39 is 23.9 Å². The van der Waals surface area contributed by atoms with Gasteiger partial charge in [-0.05, 0) is 6.42 Å². The third kappa shape index (κ3) is 5.31. The fourth-order valence-corrected chi connectivity index (χ4v) is 1.56. The largest absolute Gasteiger partial charge is 0.481 e. The van der Waals surface area contributed by atoms with Gasteiger partial charge in [-0.1, -0.05) is 20.3 Å². The van der Waals surface area contributed by atoms with E-state index in [1.165, 1.54) is 11.8 Å². The molecule has 2 atom stereocenters. The molecular formula is C11H18N2O4. The molecule has 0 aliphatic carbocycles. The maximum absolute atomic E-state index is 11.1. The highest BCUT2D eigenvalue weighted by atomic mass is 16.4. The van der Waals surface area contributed by atoms with Gasteiger partial charge in [0.25, 0.3) is 0 Å². The summed E-state index contributed by atoms with van der Waals surface area (Å²) in [6.07, 6.45) is 1.07. The second kappa shape index (κ2) is 7.63. The Morgan fingerprint density at radius 3 is 2.29 bits per heavy atom. The molecule has 0 radical (unpaired) electrons. The summed E-state index contributed by atoms with van der Waals surface area (Å²) in [6.45, 7) is 3.34. The van der Waals surface area contributed by atoms with Gasteiger partial charge in [-0.3, -0.25) is 14.5 Å². The standard InChI is InChI=1S/C11H18N2O4/c1-3-4-9(11(16)17)13(6-5-12)7-8(2)10(14)15/h8-9H,3-4,6-7H2,1-2H3,(H,14,15)(H,16,17). The second-order valence-corrected chi connectivity index (χ2v) is 3.97. The monoisotopic (exact) mass is 242 g/mol. The first kappa shape index (κ1) is 15.4. The first-order chi connectivity index (χ1) is 7.93. The molecular weight excluding hydrogens is 224 g/mol. The Hall–Kier alpha value is -1.61. The summed E-state index contributed by atoms with van der Waals surface area (Å²) in [5, 5.41) is 26.5. The maximum atomic E-state index is 11.1. The van der Waals surface area contributed by atoms with Crippen LogP contribution in [0, 0.1) is 17.2 Å². The molecule has 0 amide bonds. The van der Waals surface area contributed by atoms with Gasteiger partial charge in [-0.2, -0.15) is 5.26 Å². The van der Waals surface area contributed by atoms with Crippen LogP contribution >= 0.6 is 0 Å². The number of aliphatic carboxylic acids is 2. The third-order valence-corrected chi connectivity index (χ3v) is 2.49. The van der Waals surface area contributed by atoms with Gasteiger partial charge in [0.2, 0.25) is 0 Å². The average Bonchev–Trinajstić information content (AvgIpc) is 2.24. The molecule has 0 spiro atoms. The Kier molecular flexibility index (Phi) is 6.91. The summed E-state index contributed by atoms with van der Waals surface area (Å²) in [4.78, 5) is 23.2. The second-order valence-electron chi connectivity index (χ2n) is 3.97. The lowest BCUT2D eigenvalue weighted by atomic mass is 10.1. The normalized spacial score (nSPS) is 14.0. The Morgan fingerprint density at radius 1 is 1.35 bits per heavy atom. The topological polar surface area (TPSA) is 102 Å². The van der Waals surface area contributed by atoms with Crippen molar-refractivity contribution in [2.75, 3.05) is 13.1 Å². The number of carbonyl (C=O) groups is 2. The van der Waals surface area contributed by atoms with E-state index in [-0.39, 0.29) is 13.1 Å². The average molecular weight is 242 g/mol. The molecule has 17 heavy (non-hydrogen) atoms. The van der Waals surface area contributed by atoms with E-state index in [2.05, 4.69) is 0 Å². The highest BCUT2D eigenvalue weighted by Gasteiger charge is 2.27. The zero-order valence-electron chi connectivity index (χ0n) is 10.1. The van der Waals surface area contributed by atoms with E-state index in [9.17, 15) is 9.59 Å². The quantitative estimate of drug-likeness (QED) is 0.610. The van der Waals surface area contributed by atoms with E-state index in [1.54, 1.807) is 0 Å². The van der Waals surface area contributed by atoms with Crippen LogP contribution in [-0.4, -0.2) is 46.2 Å². The number of hydrogen-bond acceptors (Lipinski definition) is 4. The fraction of sp³-hybridized carbons (Fsp3) is 0.727. The zero-order valence-corrected chi connectivity index (χ0v) is 10.1.